The lowest BCUT2D eigenvalue weighted by molar-refractivity contribution is -0.130. The second-order valence-corrected chi connectivity index (χ2v) is 5.77. The zero-order valence-electron chi connectivity index (χ0n) is 14.6. The van der Waals surface area contributed by atoms with Gasteiger partial charge in [-0.25, -0.2) is 0 Å². The molecule has 2 rings (SSSR count). The lowest BCUT2D eigenvalue weighted by Crippen LogP contribution is -2.27. The number of hydrogen-bond donors (Lipinski definition) is 1. The van der Waals surface area contributed by atoms with Crippen LogP contribution < -0.4 is 10.1 Å². The first kappa shape index (κ1) is 17.6. The normalized spacial score (nSPS) is 10.4. The Morgan fingerprint density at radius 1 is 1.17 bits per heavy atom. The number of likely N-dealkylation sites (N-methyl/N-ethyl adjacent to an activating group) is 1. The van der Waals surface area contributed by atoms with Crippen LogP contribution in [0.2, 0.25) is 0 Å². The Bertz CT molecular complexity index is 762. The van der Waals surface area contributed by atoms with Crippen LogP contribution in [0, 0.1) is 20.8 Å². The van der Waals surface area contributed by atoms with Crippen LogP contribution >= 0.6 is 0 Å². The predicted molar refractivity (Wildman–Crippen MR) is 91.5 cm³/mol. The Balaban J connectivity index is 2.09. The fourth-order valence-electron chi connectivity index (χ4n) is 2.26. The molecule has 0 aliphatic rings. The first-order valence-electron chi connectivity index (χ1n) is 7.60. The number of benzene rings is 1. The first-order chi connectivity index (χ1) is 11.3. The van der Waals surface area contributed by atoms with Gasteiger partial charge in [0.05, 0.1) is 5.56 Å². The van der Waals surface area contributed by atoms with Gasteiger partial charge in [-0.3, -0.25) is 9.59 Å². The van der Waals surface area contributed by atoms with Gasteiger partial charge in [-0.2, -0.15) is 0 Å². The summed E-state index contributed by atoms with van der Waals surface area (Å²) in [6, 6.07) is 6.93. The Morgan fingerprint density at radius 2 is 1.88 bits per heavy atom. The number of ether oxygens (including phenoxy) is 1. The van der Waals surface area contributed by atoms with Crippen molar-refractivity contribution in [3.8, 4) is 5.75 Å². The van der Waals surface area contributed by atoms with E-state index >= 15 is 0 Å². The van der Waals surface area contributed by atoms with E-state index in [1.165, 1.54) is 4.90 Å². The third kappa shape index (κ3) is 3.95. The van der Waals surface area contributed by atoms with Crippen molar-refractivity contribution in [1.29, 1.82) is 0 Å². The average molecular weight is 330 g/mol. The van der Waals surface area contributed by atoms with Crippen molar-refractivity contribution in [2.75, 3.05) is 26.0 Å². The summed E-state index contributed by atoms with van der Waals surface area (Å²) in [6.45, 7) is 5.40. The average Bonchev–Trinajstić information content (AvgIpc) is 2.77. The number of aryl methyl sites for hydroxylation is 2. The molecule has 0 fully saturated rings. The molecule has 1 heterocycles. The molecule has 0 aliphatic carbocycles. The Hall–Kier alpha value is -2.76. The Morgan fingerprint density at radius 3 is 2.46 bits per heavy atom. The second-order valence-electron chi connectivity index (χ2n) is 5.77. The third-order valence-corrected chi connectivity index (χ3v) is 3.74. The molecule has 1 N–H and O–H groups in total. The monoisotopic (exact) mass is 330 g/mol. The van der Waals surface area contributed by atoms with Crippen molar-refractivity contribution in [2.24, 2.45) is 0 Å². The van der Waals surface area contributed by atoms with Gasteiger partial charge in [-0.15, -0.1) is 0 Å². The van der Waals surface area contributed by atoms with Crippen molar-refractivity contribution in [1.82, 2.24) is 4.90 Å². The molecule has 0 aliphatic heterocycles. The van der Waals surface area contributed by atoms with Gasteiger partial charge in [0, 0.05) is 31.4 Å². The molecular weight excluding hydrogens is 308 g/mol. The quantitative estimate of drug-likeness (QED) is 0.915. The molecule has 2 amide bonds. The molecule has 6 nitrogen and oxygen atoms in total. The molecule has 0 bridgehead atoms. The van der Waals surface area contributed by atoms with E-state index in [2.05, 4.69) is 5.32 Å². The minimum Gasteiger partial charge on any atom is -0.484 e. The SMILES string of the molecule is Cc1oc(C)c(C(=O)Nc2cccc(OCC(=O)N(C)C)c2)c1C. The van der Waals surface area contributed by atoms with Crippen LogP contribution in [-0.2, 0) is 4.79 Å². The van der Waals surface area contributed by atoms with Gasteiger partial charge in [0.25, 0.3) is 11.8 Å². The maximum atomic E-state index is 12.5. The van der Waals surface area contributed by atoms with E-state index in [4.69, 9.17) is 9.15 Å². The number of carbonyl (C=O) groups is 2. The van der Waals surface area contributed by atoms with Crippen LogP contribution in [0.3, 0.4) is 0 Å². The van der Waals surface area contributed by atoms with Crippen LogP contribution in [0.25, 0.3) is 0 Å². The largest absolute Gasteiger partial charge is 0.484 e. The van der Waals surface area contributed by atoms with Crippen molar-refractivity contribution >= 4 is 17.5 Å². The topological polar surface area (TPSA) is 71.8 Å². The highest BCUT2D eigenvalue weighted by molar-refractivity contribution is 6.06. The summed E-state index contributed by atoms with van der Waals surface area (Å²) in [5.41, 5.74) is 1.96. The summed E-state index contributed by atoms with van der Waals surface area (Å²) in [4.78, 5) is 25.5. The highest BCUT2D eigenvalue weighted by Crippen LogP contribution is 2.23. The molecule has 0 radical (unpaired) electrons. The van der Waals surface area contributed by atoms with Gasteiger partial charge in [0.2, 0.25) is 0 Å². The molecule has 1 aromatic heterocycles. The maximum Gasteiger partial charge on any atom is 0.259 e. The number of carbonyl (C=O) groups excluding carboxylic acids is 2. The molecule has 0 saturated carbocycles. The van der Waals surface area contributed by atoms with Gasteiger partial charge >= 0.3 is 0 Å². The van der Waals surface area contributed by atoms with Crippen LogP contribution in [0.4, 0.5) is 5.69 Å². The summed E-state index contributed by atoms with van der Waals surface area (Å²) >= 11 is 0. The van der Waals surface area contributed by atoms with Crippen molar-refractivity contribution < 1.29 is 18.7 Å². The molecule has 24 heavy (non-hydrogen) atoms. The standard InChI is InChI=1S/C18H22N2O4/c1-11-12(2)24-13(3)17(11)18(22)19-14-7-6-8-15(9-14)23-10-16(21)20(4)5/h6-9H,10H2,1-5H3,(H,19,22). The van der Waals surface area contributed by atoms with E-state index in [1.54, 1.807) is 45.3 Å². The summed E-state index contributed by atoms with van der Waals surface area (Å²) in [5, 5.41) is 2.83. The minimum atomic E-state index is -0.233. The highest BCUT2D eigenvalue weighted by Gasteiger charge is 2.18. The zero-order chi connectivity index (χ0) is 17.9. The van der Waals surface area contributed by atoms with E-state index in [0.29, 0.717) is 22.8 Å². The van der Waals surface area contributed by atoms with Crippen LogP contribution in [0.15, 0.2) is 28.7 Å². The zero-order valence-corrected chi connectivity index (χ0v) is 14.6. The lowest BCUT2D eigenvalue weighted by Gasteiger charge is -2.12. The molecule has 128 valence electrons. The molecular formula is C18H22N2O4. The number of furan rings is 1. The summed E-state index contributed by atoms with van der Waals surface area (Å²) in [7, 11) is 3.33. The molecule has 0 saturated heterocycles. The van der Waals surface area contributed by atoms with Crippen molar-refractivity contribution in [2.45, 2.75) is 20.8 Å². The highest BCUT2D eigenvalue weighted by atomic mass is 16.5. The van der Waals surface area contributed by atoms with Crippen LogP contribution in [0.5, 0.6) is 5.75 Å². The molecule has 2 aromatic rings. The summed E-state index contributed by atoms with van der Waals surface area (Å²) < 4.78 is 10.9. The molecule has 0 atom stereocenters. The van der Waals surface area contributed by atoms with Gasteiger partial charge in [0.15, 0.2) is 6.61 Å². The lowest BCUT2D eigenvalue weighted by atomic mass is 10.1. The van der Waals surface area contributed by atoms with Crippen molar-refractivity contribution in [3.63, 3.8) is 0 Å². The van der Waals surface area contributed by atoms with E-state index in [9.17, 15) is 9.59 Å². The first-order valence-corrected chi connectivity index (χ1v) is 7.60. The number of hydrogen-bond acceptors (Lipinski definition) is 4. The minimum absolute atomic E-state index is 0.0520. The third-order valence-electron chi connectivity index (χ3n) is 3.74. The van der Waals surface area contributed by atoms with Gasteiger partial charge < -0.3 is 19.4 Å². The fraction of sp³-hybridized carbons (Fsp3) is 0.333. The number of nitrogens with zero attached hydrogens (tertiary/aromatic N) is 1. The maximum absolute atomic E-state index is 12.5. The van der Waals surface area contributed by atoms with Crippen LogP contribution in [0.1, 0.15) is 27.4 Å². The van der Waals surface area contributed by atoms with Crippen molar-refractivity contribution in [3.05, 3.63) is 46.9 Å². The predicted octanol–water partition coefficient (Wildman–Crippen LogP) is 2.92. The fourth-order valence-corrected chi connectivity index (χ4v) is 2.26. The van der Waals surface area contributed by atoms with E-state index in [1.807, 2.05) is 13.8 Å². The van der Waals surface area contributed by atoms with E-state index < -0.39 is 0 Å². The molecule has 0 unspecified atom stereocenters. The second kappa shape index (κ2) is 7.21. The smallest absolute Gasteiger partial charge is 0.259 e. The summed E-state index contributed by atoms with van der Waals surface area (Å²) in [6.07, 6.45) is 0. The number of anilines is 1. The number of rotatable bonds is 5. The van der Waals surface area contributed by atoms with E-state index in [-0.39, 0.29) is 18.4 Å². The molecule has 6 heteroatoms. The molecule has 0 spiro atoms. The number of nitrogens with one attached hydrogen (secondary N) is 1. The Kier molecular flexibility index (Phi) is 5.28. The van der Waals surface area contributed by atoms with E-state index in [0.717, 1.165) is 11.3 Å². The Labute approximate surface area is 141 Å². The van der Waals surface area contributed by atoms with Gasteiger partial charge in [-0.05, 0) is 32.9 Å². The van der Waals surface area contributed by atoms with Crippen LogP contribution in [-0.4, -0.2) is 37.4 Å². The van der Waals surface area contributed by atoms with Gasteiger partial charge in [-0.1, -0.05) is 6.07 Å². The van der Waals surface area contributed by atoms with Gasteiger partial charge in [0.1, 0.15) is 17.3 Å². The molecule has 1 aromatic carbocycles. The summed E-state index contributed by atoms with van der Waals surface area (Å²) in [5.74, 6) is 1.47. The number of amides is 2.